The number of aryl methyl sites for hydroxylation is 3. The summed E-state index contributed by atoms with van der Waals surface area (Å²) < 4.78 is 33.8. The van der Waals surface area contributed by atoms with Crippen LogP contribution in [-0.2, 0) is 34.1 Å². The fourth-order valence-electron chi connectivity index (χ4n) is 5.17. The Hall–Kier alpha value is -3.24. The smallest absolute Gasteiger partial charge is 0.303 e. The fraction of sp³-hybridized carbons (Fsp3) is 0.441. The third-order valence-corrected chi connectivity index (χ3v) is 9.67. The maximum Gasteiger partial charge on any atom is 0.303 e. The molecule has 0 fully saturated rings. The lowest BCUT2D eigenvalue weighted by molar-refractivity contribution is -0.136. The van der Waals surface area contributed by atoms with Crippen LogP contribution in [-0.4, -0.2) is 67.8 Å². The van der Waals surface area contributed by atoms with Crippen LogP contribution >= 0.6 is 0 Å². The lowest BCUT2D eigenvalue weighted by atomic mass is 9.95. The summed E-state index contributed by atoms with van der Waals surface area (Å²) in [5.74, 6) is -0.270. The number of carboxylic acid groups (broad SMARTS) is 1. The third kappa shape index (κ3) is 9.89. The van der Waals surface area contributed by atoms with Gasteiger partial charge in [0.25, 0.3) is 0 Å². The van der Waals surface area contributed by atoms with Gasteiger partial charge < -0.3 is 20.3 Å². The number of benzene rings is 3. The fourth-order valence-corrected chi connectivity index (χ4v) is 6.65. The average Bonchev–Trinajstić information content (AvgIpc) is 2.99. The molecule has 3 aromatic rings. The van der Waals surface area contributed by atoms with E-state index in [1.54, 1.807) is 25.3 Å². The second kappa shape index (κ2) is 15.5. The van der Waals surface area contributed by atoms with Gasteiger partial charge in [0.05, 0.1) is 18.1 Å². The number of nitrogens with zero attached hydrogens (tertiary/aromatic N) is 1. The Morgan fingerprint density at radius 2 is 1.65 bits per heavy atom. The number of hydrogen-bond acceptors (Lipinski definition) is 6. The molecule has 0 aliphatic rings. The molecule has 0 aliphatic heterocycles. The van der Waals surface area contributed by atoms with Gasteiger partial charge in [-0.05, 0) is 98.0 Å². The van der Waals surface area contributed by atoms with Gasteiger partial charge in [-0.15, -0.1) is 0 Å². The van der Waals surface area contributed by atoms with Gasteiger partial charge >= 0.3 is 5.97 Å². The minimum absolute atomic E-state index is 0.0172. The maximum absolute atomic E-state index is 13.6. The molecule has 0 bridgehead atoms. The highest BCUT2D eigenvalue weighted by atomic mass is 32.2. The van der Waals surface area contributed by atoms with Crippen LogP contribution in [0.1, 0.15) is 56.7 Å². The van der Waals surface area contributed by atoms with Crippen LogP contribution in [0.3, 0.4) is 0 Å². The lowest BCUT2D eigenvalue weighted by Gasteiger charge is -2.29. The largest absolute Gasteiger partial charge is 0.496 e. The molecule has 0 radical (unpaired) electrons. The van der Waals surface area contributed by atoms with E-state index >= 15 is 0 Å². The summed E-state index contributed by atoms with van der Waals surface area (Å²) in [4.78, 5) is 11.3. The standard InChI is InChI=1S/C34H46N2O6S/c1-6-26-21-28(27-14-17-31(42-5)29(22-27)16-19-33(38)39)15-18-32(26)43(40,41)36(4)24-30(37)23-35-34(2,3)20-10-13-25-11-8-7-9-12-25/h7-9,11-12,14-15,17-18,21-22,30,35,37H,6,10,13,16,19-20,23-24H2,1-5H3,(H,38,39)/t30-/m0/s1. The first kappa shape index (κ1) is 34.3. The highest BCUT2D eigenvalue weighted by molar-refractivity contribution is 7.89. The van der Waals surface area contributed by atoms with Crippen LogP contribution in [0.4, 0.5) is 0 Å². The number of aliphatic carboxylic acids is 1. The van der Waals surface area contributed by atoms with Crippen LogP contribution in [0.15, 0.2) is 71.6 Å². The quantitative estimate of drug-likeness (QED) is 0.190. The molecular formula is C34H46N2O6S. The van der Waals surface area contributed by atoms with E-state index in [1.165, 1.54) is 16.9 Å². The van der Waals surface area contributed by atoms with Gasteiger partial charge in [-0.3, -0.25) is 4.79 Å². The molecule has 0 aliphatic carbocycles. The van der Waals surface area contributed by atoms with E-state index in [2.05, 4.69) is 31.3 Å². The van der Waals surface area contributed by atoms with Gasteiger partial charge in [0, 0.05) is 32.1 Å². The maximum atomic E-state index is 13.6. The Bertz CT molecular complexity index is 1460. The number of carboxylic acids is 1. The molecule has 0 saturated heterocycles. The predicted molar refractivity (Wildman–Crippen MR) is 171 cm³/mol. The molecule has 234 valence electrons. The van der Waals surface area contributed by atoms with Gasteiger partial charge in [0.15, 0.2) is 0 Å². The van der Waals surface area contributed by atoms with E-state index in [0.29, 0.717) is 24.2 Å². The first-order valence-corrected chi connectivity index (χ1v) is 16.3. The Labute approximate surface area is 256 Å². The van der Waals surface area contributed by atoms with E-state index in [4.69, 9.17) is 9.84 Å². The summed E-state index contributed by atoms with van der Waals surface area (Å²) in [5, 5.41) is 23.3. The summed E-state index contributed by atoms with van der Waals surface area (Å²) in [5.41, 5.74) is 4.22. The number of ether oxygens (including phenoxy) is 1. The molecule has 0 heterocycles. The van der Waals surface area contributed by atoms with Gasteiger partial charge in [0.2, 0.25) is 10.0 Å². The van der Waals surface area contributed by atoms with Crippen molar-refractivity contribution in [2.45, 2.75) is 75.8 Å². The molecule has 43 heavy (non-hydrogen) atoms. The second-order valence-corrected chi connectivity index (χ2v) is 13.7. The third-order valence-electron chi connectivity index (χ3n) is 7.75. The first-order valence-electron chi connectivity index (χ1n) is 14.8. The SMILES string of the molecule is CCc1cc(-c2ccc(OC)c(CCC(=O)O)c2)ccc1S(=O)(=O)N(C)C[C@@H](O)CNC(C)(C)CCCc1ccccc1. The van der Waals surface area contributed by atoms with Crippen molar-refractivity contribution >= 4 is 16.0 Å². The molecule has 0 saturated carbocycles. The molecule has 8 nitrogen and oxygen atoms in total. The highest BCUT2D eigenvalue weighted by Gasteiger charge is 2.27. The summed E-state index contributed by atoms with van der Waals surface area (Å²) >= 11 is 0. The zero-order chi connectivity index (χ0) is 31.6. The van der Waals surface area contributed by atoms with E-state index < -0.39 is 22.1 Å². The number of rotatable bonds is 17. The van der Waals surface area contributed by atoms with Crippen molar-refractivity contribution in [2.75, 3.05) is 27.2 Å². The molecule has 1 atom stereocenters. The molecule has 0 amide bonds. The number of β-amino-alcohol motifs (C(OH)–C–C–N with tert-alkyl or cyclic N) is 1. The van der Waals surface area contributed by atoms with Crippen molar-refractivity contribution in [1.82, 2.24) is 9.62 Å². The Morgan fingerprint density at radius 3 is 2.28 bits per heavy atom. The van der Waals surface area contributed by atoms with Crippen molar-refractivity contribution in [3.8, 4) is 16.9 Å². The molecule has 9 heteroatoms. The van der Waals surface area contributed by atoms with Crippen LogP contribution in [0.5, 0.6) is 5.75 Å². The summed E-state index contributed by atoms with van der Waals surface area (Å²) in [6, 6.07) is 21.2. The zero-order valence-electron chi connectivity index (χ0n) is 26.0. The number of carbonyl (C=O) groups is 1. The van der Waals surface area contributed by atoms with Crippen molar-refractivity contribution in [2.24, 2.45) is 0 Å². The topological polar surface area (TPSA) is 116 Å². The van der Waals surface area contributed by atoms with Crippen LogP contribution in [0.2, 0.25) is 0 Å². The summed E-state index contributed by atoms with van der Waals surface area (Å²) in [6.45, 7) is 6.34. The summed E-state index contributed by atoms with van der Waals surface area (Å²) in [7, 11) is -0.809. The average molecular weight is 611 g/mol. The predicted octanol–water partition coefficient (Wildman–Crippen LogP) is 5.31. The van der Waals surface area contributed by atoms with Gasteiger partial charge in [-0.25, -0.2) is 8.42 Å². The van der Waals surface area contributed by atoms with Crippen LogP contribution in [0.25, 0.3) is 11.1 Å². The minimum atomic E-state index is -3.85. The van der Waals surface area contributed by atoms with Gasteiger partial charge in [-0.2, -0.15) is 4.31 Å². The summed E-state index contributed by atoms with van der Waals surface area (Å²) in [6.07, 6.45) is 2.84. The van der Waals surface area contributed by atoms with Crippen molar-refractivity contribution < 1.29 is 28.2 Å². The van der Waals surface area contributed by atoms with E-state index in [-0.39, 0.29) is 29.9 Å². The Morgan fingerprint density at radius 1 is 1.00 bits per heavy atom. The Kier molecular flexibility index (Phi) is 12.3. The highest BCUT2D eigenvalue weighted by Crippen LogP contribution is 2.31. The molecular weight excluding hydrogens is 564 g/mol. The van der Waals surface area contributed by atoms with Gasteiger partial charge in [-0.1, -0.05) is 49.4 Å². The van der Waals surface area contributed by atoms with Crippen molar-refractivity contribution in [3.63, 3.8) is 0 Å². The zero-order valence-corrected chi connectivity index (χ0v) is 26.8. The number of likely N-dealkylation sites (N-methyl/N-ethyl adjacent to an activating group) is 1. The minimum Gasteiger partial charge on any atom is -0.496 e. The molecule has 0 spiro atoms. The van der Waals surface area contributed by atoms with Crippen LogP contribution in [0, 0.1) is 0 Å². The normalized spacial score (nSPS) is 12.8. The molecule has 0 aromatic heterocycles. The molecule has 3 aromatic carbocycles. The number of aliphatic hydroxyl groups excluding tert-OH is 1. The number of aliphatic hydroxyl groups is 1. The number of hydrogen-bond donors (Lipinski definition) is 3. The first-order chi connectivity index (χ1) is 20.4. The molecule has 3 N–H and O–H groups in total. The van der Waals surface area contributed by atoms with Crippen LogP contribution < -0.4 is 10.1 Å². The number of methoxy groups -OCH3 is 1. The number of sulfonamides is 1. The van der Waals surface area contributed by atoms with Gasteiger partial charge in [0.1, 0.15) is 5.75 Å². The van der Waals surface area contributed by atoms with E-state index in [9.17, 15) is 18.3 Å². The molecule has 3 rings (SSSR count). The van der Waals surface area contributed by atoms with E-state index in [0.717, 1.165) is 36.0 Å². The lowest BCUT2D eigenvalue weighted by Crippen LogP contribution is -2.46. The van der Waals surface area contributed by atoms with Crippen molar-refractivity contribution in [3.05, 3.63) is 83.4 Å². The number of nitrogens with one attached hydrogen (secondary N) is 1. The monoisotopic (exact) mass is 610 g/mol. The Balaban J connectivity index is 1.65. The second-order valence-electron chi connectivity index (χ2n) is 11.6. The molecule has 0 unspecified atom stereocenters. The van der Waals surface area contributed by atoms with Crippen molar-refractivity contribution in [1.29, 1.82) is 0 Å². The van der Waals surface area contributed by atoms with E-state index in [1.807, 2.05) is 43.3 Å².